The second-order valence-electron chi connectivity index (χ2n) is 4.59. The van der Waals surface area contributed by atoms with E-state index < -0.39 is 0 Å². The maximum Gasteiger partial charge on any atom is 0.123 e. The van der Waals surface area contributed by atoms with E-state index in [-0.39, 0.29) is 11.9 Å². The third-order valence-electron chi connectivity index (χ3n) is 3.01. The van der Waals surface area contributed by atoms with Gasteiger partial charge in [0.1, 0.15) is 5.82 Å². The molecule has 0 aliphatic carbocycles. The van der Waals surface area contributed by atoms with Crippen LogP contribution in [-0.2, 0) is 6.42 Å². The van der Waals surface area contributed by atoms with E-state index in [9.17, 15) is 4.39 Å². The number of halogens is 3. The number of benzene rings is 1. The van der Waals surface area contributed by atoms with Crippen LogP contribution < -0.4 is 5.32 Å². The molecule has 0 saturated carbocycles. The van der Waals surface area contributed by atoms with Crippen molar-refractivity contribution in [1.82, 2.24) is 5.32 Å². The minimum Gasteiger partial charge on any atom is -0.309 e. The van der Waals surface area contributed by atoms with Crippen molar-refractivity contribution in [2.75, 3.05) is 6.54 Å². The van der Waals surface area contributed by atoms with E-state index in [1.54, 1.807) is 23.5 Å². The fraction of sp³-hybridized carbons (Fsp3) is 0.333. The van der Waals surface area contributed by atoms with Gasteiger partial charge >= 0.3 is 0 Å². The van der Waals surface area contributed by atoms with Crippen molar-refractivity contribution in [3.63, 3.8) is 0 Å². The molecule has 1 N–H and O–H groups in total. The number of thiophene rings is 1. The first-order chi connectivity index (χ1) is 9.60. The molecule has 1 nitrogen and oxygen atoms in total. The Morgan fingerprint density at radius 2 is 2.05 bits per heavy atom. The molecule has 0 aliphatic rings. The van der Waals surface area contributed by atoms with Crippen LogP contribution >= 0.6 is 43.2 Å². The van der Waals surface area contributed by atoms with E-state index >= 15 is 0 Å². The molecular weight excluding hydrogens is 405 g/mol. The van der Waals surface area contributed by atoms with Gasteiger partial charge < -0.3 is 5.32 Å². The Morgan fingerprint density at radius 1 is 1.25 bits per heavy atom. The van der Waals surface area contributed by atoms with Gasteiger partial charge in [-0.05, 0) is 71.2 Å². The second-order valence-corrected chi connectivity index (χ2v) is 7.94. The lowest BCUT2D eigenvalue weighted by Gasteiger charge is -2.18. The van der Waals surface area contributed by atoms with Gasteiger partial charge in [0, 0.05) is 15.4 Å². The summed E-state index contributed by atoms with van der Waals surface area (Å²) < 4.78 is 15.5. The van der Waals surface area contributed by atoms with Crippen molar-refractivity contribution in [3.05, 3.63) is 54.8 Å². The number of rotatable bonds is 6. The van der Waals surface area contributed by atoms with Gasteiger partial charge in [-0.1, -0.05) is 22.9 Å². The molecule has 0 radical (unpaired) electrons. The van der Waals surface area contributed by atoms with E-state index in [1.807, 2.05) is 0 Å². The zero-order chi connectivity index (χ0) is 14.5. The van der Waals surface area contributed by atoms with E-state index in [1.165, 1.54) is 10.9 Å². The van der Waals surface area contributed by atoms with Crippen LogP contribution in [0.5, 0.6) is 0 Å². The monoisotopic (exact) mass is 419 g/mol. The maximum atomic E-state index is 13.4. The Kier molecular flexibility index (Phi) is 6.20. The summed E-state index contributed by atoms with van der Waals surface area (Å²) in [5.74, 6) is -0.190. The van der Waals surface area contributed by atoms with Gasteiger partial charge in [-0.2, -0.15) is 0 Å². The molecule has 1 aromatic heterocycles. The minimum absolute atomic E-state index is 0.190. The zero-order valence-corrected chi connectivity index (χ0v) is 15.1. The van der Waals surface area contributed by atoms with E-state index in [0.29, 0.717) is 0 Å². The highest BCUT2D eigenvalue weighted by atomic mass is 79.9. The van der Waals surface area contributed by atoms with E-state index in [2.05, 4.69) is 56.2 Å². The lowest BCUT2D eigenvalue weighted by atomic mass is 10.0. The van der Waals surface area contributed by atoms with E-state index in [4.69, 9.17) is 0 Å². The zero-order valence-electron chi connectivity index (χ0n) is 11.1. The molecule has 1 aromatic carbocycles. The molecular formula is C15H16Br2FNS. The average molecular weight is 421 g/mol. The van der Waals surface area contributed by atoms with Crippen LogP contribution in [-0.4, -0.2) is 6.54 Å². The van der Waals surface area contributed by atoms with Crippen molar-refractivity contribution >= 4 is 43.2 Å². The fourth-order valence-corrected chi connectivity index (χ4v) is 3.93. The quantitative estimate of drug-likeness (QED) is 0.632. The molecule has 108 valence electrons. The summed E-state index contributed by atoms with van der Waals surface area (Å²) in [6.45, 7) is 3.10. The van der Waals surface area contributed by atoms with Crippen LogP contribution in [0.15, 0.2) is 38.6 Å². The van der Waals surface area contributed by atoms with Gasteiger partial charge in [-0.15, -0.1) is 11.3 Å². The molecule has 5 heteroatoms. The lowest BCUT2D eigenvalue weighted by Crippen LogP contribution is -2.23. The normalized spacial score (nSPS) is 12.6. The van der Waals surface area contributed by atoms with Crippen LogP contribution in [0.1, 0.15) is 29.8 Å². The molecule has 0 spiro atoms. The van der Waals surface area contributed by atoms with Crippen molar-refractivity contribution in [2.45, 2.75) is 25.8 Å². The Balaban J connectivity index is 2.21. The molecule has 0 aliphatic heterocycles. The van der Waals surface area contributed by atoms with Crippen LogP contribution in [0.4, 0.5) is 4.39 Å². The molecule has 0 amide bonds. The molecule has 1 heterocycles. The van der Waals surface area contributed by atoms with Gasteiger partial charge in [0.05, 0.1) is 3.79 Å². The largest absolute Gasteiger partial charge is 0.309 e. The topological polar surface area (TPSA) is 12.0 Å². The van der Waals surface area contributed by atoms with Crippen LogP contribution in [0.3, 0.4) is 0 Å². The Morgan fingerprint density at radius 3 is 2.70 bits per heavy atom. The third kappa shape index (κ3) is 4.38. The van der Waals surface area contributed by atoms with Crippen molar-refractivity contribution in [1.29, 1.82) is 0 Å². The minimum atomic E-state index is -0.190. The van der Waals surface area contributed by atoms with E-state index in [0.717, 1.165) is 33.2 Å². The number of nitrogens with one attached hydrogen (secondary N) is 1. The Hall–Kier alpha value is -0.230. The first-order valence-electron chi connectivity index (χ1n) is 6.52. The third-order valence-corrected chi connectivity index (χ3v) is 5.52. The van der Waals surface area contributed by atoms with Crippen LogP contribution in [0.25, 0.3) is 0 Å². The summed E-state index contributed by atoms with van der Waals surface area (Å²) in [5.41, 5.74) is 0.989. The smallest absolute Gasteiger partial charge is 0.123 e. The van der Waals surface area contributed by atoms with Crippen molar-refractivity contribution in [2.24, 2.45) is 0 Å². The molecule has 0 bridgehead atoms. The average Bonchev–Trinajstić information content (AvgIpc) is 2.85. The number of hydrogen-bond donors (Lipinski definition) is 1. The SMILES string of the molecule is CCCNC(Cc1cc(F)ccc1Br)c1ccc(Br)s1. The summed E-state index contributed by atoms with van der Waals surface area (Å²) in [6.07, 6.45) is 1.85. The predicted molar refractivity (Wildman–Crippen MR) is 90.9 cm³/mol. The van der Waals surface area contributed by atoms with Crippen molar-refractivity contribution in [3.8, 4) is 0 Å². The van der Waals surface area contributed by atoms with Gasteiger partial charge in [0.25, 0.3) is 0 Å². The molecule has 0 saturated heterocycles. The molecule has 20 heavy (non-hydrogen) atoms. The Bertz CT molecular complexity index is 571. The fourth-order valence-electron chi connectivity index (χ4n) is 2.03. The maximum absolute atomic E-state index is 13.4. The summed E-state index contributed by atoms with van der Waals surface area (Å²) in [4.78, 5) is 1.27. The highest BCUT2D eigenvalue weighted by molar-refractivity contribution is 9.11. The highest BCUT2D eigenvalue weighted by Crippen LogP contribution is 2.31. The standard InChI is InChI=1S/C15H16Br2FNS/c1-2-7-19-13(14-5-6-15(17)20-14)9-10-8-11(18)3-4-12(10)16/h3-6,8,13,19H,2,7,9H2,1H3. The predicted octanol–water partition coefficient (Wildman–Crippen LogP) is 5.70. The molecule has 2 aromatic rings. The van der Waals surface area contributed by atoms with Crippen LogP contribution in [0.2, 0.25) is 0 Å². The first-order valence-corrected chi connectivity index (χ1v) is 8.93. The molecule has 1 unspecified atom stereocenters. The second kappa shape index (κ2) is 7.69. The summed E-state index contributed by atoms with van der Waals surface area (Å²) in [6, 6.07) is 9.24. The van der Waals surface area contributed by atoms with Gasteiger partial charge in [-0.3, -0.25) is 0 Å². The van der Waals surface area contributed by atoms with Crippen LogP contribution in [0, 0.1) is 5.82 Å². The molecule has 1 atom stereocenters. The van der Waals surface area contributed by atoms with Gasteiger partial charge in [0.2, 0.25) is 0 Å². The van der Waals surface area contributed by atoms with Crippen molar-refractivity contribution < 1.29 is 4.39 Å². The number of hydrogen-bond acceptors (Lipinski definition) is 2. The summed E-state index contributed by atoms with van der Waals surface area (Å²) >= 11 is 8.73. The summed E-state index contributed by atoms with van der Waals surface area (Å²) in [5, 5.41) is 3.54. The Labute approximate surface area is 139 Å². The van der Waals surface area contributed by atoms with Gasteiger partial charge in [-0.25, -0.2) is 4.39 Å². The summed E-state index contributed by atoms with van der Waals surface area (Å²) in [7, 11) is 0. The lowest BCUT2D eigenvalue weighted by molar-refractivity contribution is 0.533. The van der Waals surface area contributed by atoms with Gasteiger partial charge in [0.15, 0.2) is 0 Å². The molecule has 0 fully saturated rings. The highest BCUT2D eigenvalue weighted by Gasteiger charge is 2.15. The first kappa shape index (κ1) is 16.1. The molecule has 2 rings (SSSR count).